The first-order chi connectivity index (χ1) is 14.2. The van der Waals surface area contributed by atoms with Gasteiger partial charge in [-0.25, -0.2) is 18.1 Å². The van der Waals surface area contributed by atoms with Crippen LogP contribution in [0.1, 0.15) is 18.1 Å². The van der Waals surface area contributed by atoms with Crippen molar-refractivity contribution < 1.29 is 35.2 Å². The number of rotatable bonds is 5. The molecule has 0 bridgehead atoms. The molecule has 1 aliphatic heterocycles. The van der Waals surface area contributed by atoms with E-state index in [0.29, 0.717) is 4.90 Å². The van der Waals surface area contributed by atoms with Gasteiger partial charge >= 0.3 is 18.0 Å². The molecule has 0 unspecified atom stereocenters. The molecule has 168 valence electrons. The van der Waals surface area contributed by atoms with Crippen molar-refractivity contribution in [3.63, 3.8) is 0 Å². The van der Waals surface area contributed by atoms with Crippen molar-refractivity contribution in [1.82, 2.24) is 9.71 Å². The maximum absolute atomic E-state index is 14.7. The van der Waals surface area contributed by atoms with Crippen molar-refractivity contribution in [2.75, 3.05) is 18.5 Å². The third-order valence-corrected chi connectivity index (χ3v) is 6.43. The molecule has 0 fully saturated rings. The molecule has 31 heavy (non-hydrogen) atoms. The van der Waals surface area contributed by atoms with Crippen LogP contribution in [0.5, 0.6) is 0 Å². The van der Waals surface area contributed by atoms with Gasteiger partial charge in [0.05, 0.1) is 17.7 Å². The number of fused-ring (bicyclic) bond motifs is 1. The van der Waals surface area contributed by atoms with Gasteiger partial charge in [-0.1, -0.05) is 30.7 Å². The van der Waals surface area contributed by atoms with Crippen molar-refractivity contribution >= 4 is 33.3 Å². The maximum atomic E-state index is 14.7. The number of aromatic nitrogens is 1. The highest BCUT2D eigenvalue weighted by Gasteiger charge is 2.56. The molecule has 0 saturated heterocycles. The van der Waals surface area contributed by atoms with E-state index >= 15 is 0 Å². The van der Waals surface area contributed by atoms with E-state index in [0.717, 1.165) is 7.05 Å². The highest BCUT2D eigenvalue weighted by Crippen LogP contribution is 2.49. The van der Waals surface area contributed by atoms with Crippen molar-refractivity contribution in [3.05, 3.63) is 40.4 Å². The molecule has 0 saturated carbocycles. The molecular formula is C18H15ClF5N3O3S. The molecule has 0 atom stereocenters. The Bertz CT molecular complexity index is 1150. The molecule has 6 nitrogen and oxygen atoms in total. The Hall–Kier alpha value is -2.31. The van der Waals surface area contributed by atoms with Gasteiger partial charge in [0.1, 0.15) is 10.7 Å². The summed E-state index contributed by atoms with van der Waals surface area (Å²) in [7, 11) is -3.79. The predicted octanol–water partition coefficient (Wildman–Crippen LogP) is 3.87. The van der Waals surface area contributed by atoms with Crippen molar-refractivity contribution in [1.29, 1.82) is 0 Å². The summed E-state index contributed by atoms with van der Waals surface area (Å²) in [5.74, 6) is -6.93. The number of halogens is 6. The molecule has 0 aliphatic carbocycles. The molecule has 2 heterocycles. The van der Waals surface area contributed by atoms with Crippen LogP contribution in [-0.4, -0.2) is 39.1 Å². The molecule has 3 rings (SSSR count). The van der Waals surface area contributed by atoms with E-state index in [2.05, 4.69) is 4.98 Å². The van der Waals surface area contributed by atoms with Crippen LogP contribution >= 0.6 is 11.6 Å². The molecule has 1 aromatic carbocycles. The fourth-order valence-corrected chi connectivity index (χ4v) is 4.88. The largest absolute Gasteiger partial charge is 0.393 e. The lowest BCUT2D eigenvalue weighted by Crippen LogP contribution is -2.32. The number of hydrogen-bond donors (Lipinski definition) is 1. The fourth-order valence-electron chi connectivity index (χ4n) is 3.31. The van der Waals surface area contributed by atoms with Crippen LogP contribution in [0.2, 0.25) is 5.02 Å². The van der Waals surface area contributed by atoms with Crippen molar-refractivity contribution in [2.45, 2.75) is 30.3 Å². The fraction of sp³-hybridized carbons (Fsp3) is 0.333. The predicted molar refractivity (Wildman–Crippen MR) is 103 cm³/mol. The monoisotopic (exact) mass is 483 g/mol. The number of amides is 1. The van der Waals surface area contributed by atoms with Crippen LogP contribution < -0.4 is 9.62 Å². The van der Waals surface area contributed by atoms with E-state index in [1.54, 1.807) is 0 Å². The number of alkyl halides is 5. The van der Waals surface area contributed by atoms with Crippen LogP contribution in [0.4, 0.5) is 27.8 Å². The number of nitrogens with one attached hydrogen (secondary N) is 1. The number of pyridine rings is 1. The number of benzene rings is 1. The SMILES string of the molecule is CCNS(=O)(=O)c1c(-c2ccc(Cl)cc2)nc2c(c1CC(F)(F)F)C(F)(F)C(=O)N2C. The zero-order valence-corrected chi connectivity index (χ0v) is 17.6. The summed E-state index contributed by atoms with van der Waals surface area (Å²) in [5, 5.41) is 0.246. The van der Waals surface area contributed by atoms with Crippen LogP contribution in [0, 0.1) is 0 Å². The Morgan fingerprint density at radius 2 is 1.77 bits per heavy atom. The van der Waals surface area contributed by atoms with Gasteiger partial charge < -0.3 is 0 Å². The Balaban J connectivity index is 2.52. The van der Waals surface area contributed by atoms with Crippen LogP contribution in [-0.2, 0) is 27.2 Å². The standard InChI is InChI=1S/C18H15ClF5N3O3S/c1-3-25-31(29,30)14-11(8-17(20,21)22)12-15(27(2)16(28)18(12,23)24)26-13(14)9-4-6-10(19)7-5-9/h4-7,25H,3,8H2,1-2H3. The summed E-state index contributed by atoms with van der Waals surface area (Å²) in [5.41, 5.74) is -3.09. The summed E-state index contributed by atoms with van der Waals surface area (Å²) in [6.45, 7) is 1.15. The Morgan fingerprint density at radius 3 is 2.29 bits per heavy atom. The van der Waals surface area contributed by atoms with E-state index in [4.69, 9.17) is 11.6 Å². The van der Waals surface area contributed by atoms with E-state index in [9.17, 15) is 35.2 Å². The minimum absolute atomic E-state index is 0.0168. The summed E-state index contributed by atoms with van der Waals surface area (Å²) in [6, 6.07) is 5.24. The Labute approximate surface area is 179 Å². The zero-order chi connectivity index (χ0) is 23.4. The number of sulfonamides is 1. The van der Waals surface area contributed by atoms with Crippen LogP contribution in [0.25, 0.3) is 11.3 Å². The van der Waals surface area contributed by atoms with Crippen LogP contribution in [0.3, 0.4) is 0 Å². The summed E-state index contributed by atoms with van der Waals surface area (Å²) < 4.78 is 97.4. The van der Waals surface area contributed by atoms with Gasteiger partial charge in [0, 0.05) is 24.2 Å². The lowest BCUT2D eigenvalue weighted by Gasteiger charge is -2.21. The molecule has 13 heteroatoms. The van der Waals surface area contributed by atoms with Gasteiger partial charge in [0.15, 0.2) is 0 Å². The van der Waals surface area contributed by atoms with E-state index in [1.165, 1.54) is 31.2 Å². The minimum atomic E-state index is -5.05. The first-order valence-corrected chi connectivity index (χ1v) is 10.6. The number of nitrogens with zero attached hydrogens (tertiary/aromatic N) is 2. The highest BCUT2D eigenvalue weighted by molar-refractivity contribution is 7.89. The van der Waals surface area contributed by atoms with Gasteiger partial charge in [-0.05, 0) is 17.7 Å². The molecule has 1 amide bonds. The summed E-state index contributed by atoms with van der Waals surface area (Å²) in [6.07, 6.45) is -7.06. The molecule has 1 aromatic heterocycles. The number of likely N-dealkylation sites (N-methyl/N-ethyl adjacent to an activating group) is 1. The number of carbonyl (C=O) groups is 1. The summed E-state index contributed by atoms with van der Waals surface area (Å²) in [4.78, 5) is 15.3. The lowest BCUT2D eigenvalue weighted by atomic mass is 9.98. The van der Waals surface area contributed by atoms with Gasteiger partial charge in [0.2, 0.25) is 10.0 Å². The van der Waals surface area contributed by atoms with Crippen LogP contribution in [0.15, 0.2) is 29.2 Å². The zero-order valence-electron chi connectivity index (χ0n) is 16.0. The second kappa shape index (κ2) is 7.68. The molecule has 2 aromatic rings. The summed E-state index contributed by atoms with van der Waals surface area (Å²) >= 11 is 5.82. The minimum Gasteiger partial charge on any atom is -0.294 e. The maximum Gasteiger partial charge on any atom is 0.393 e. The quantitative estimate of drug-likeness (QED) is 0.655. The number of hydrogen-bond acceptors (Lipinski definition) is 4. The normalized spacial score (nSPS) is 16.0. The van der Waals surface area contributed by atoms with Gasteiger partial charge in [0.25, 0.3) is 0 Å². The van der Waals surface area contributed by atoms with Gasteiger partial charge in [-0.2, -0.15) is 22.0 Å². The second-order valence-electron chi connectivity index (χ2n) is 6.71. The van der Waals surface area contributed by atoms with E-state index < -0.39 is 62.0 Å². The van der Waals surface area contributed by atoms with E-state index in [-0.39, 0.29) is 17.1 Å². The average Bonchev–Trinajstić information content (AvgIpc) is 2.81. The molecule has 0 radical (unpaired) electrons. The van der Waals surface area contributed by atoms with E-state index in [1.807, 2.05) is 4.72 Å². The second-order valence-corrected chi connectivity index (χ2v) is 8.85. The molecular weight excluding hydrogens is 469 g/mol. The number of carbonyl (C=O) groups excluding carboxylic acids is 1. The van der Waals surface area contributed by atoms with Gasteiger partial charge in [-0.15, -0.1) is 0 Å². The lowest BCUT2D eigenvalue weighted by molar-refractivity contribution is -0.142. The van der Waals surface area contributed by atoms with Crippen molar-refractivity contribution in [3.8, 4) is 11.3 Å². The average molecular weight is 484 g/mol. The third-order valence-electron chi connectivity index (χ3n) is 4.54. The van der Waals surface area contributed by atoms with Gasteiger partial charge in [-0.3, -0.25) is 9.69 Å². The third kappa shape index (κ3) is 4.11. The Morgan fingerprint density at radius 1 is 1.19 bits per heavy atom. The topological polar surface area (TPSA) is 79.4 Å². The van der Waals surface area contributed by atoms with Crippen molar-refractivity contribution in [2.24, 2.45) is 0 Å². The highest BCUT2D eigenvalue weighted by atomic mass is 35.5. The first-order valence-electron chi connectivity index (χ1n) is 8.76. The Kier molecular flexibility index (Phi) is 5.78. The molecule has 1 N–H and O–H groups in total. The molecule has 1 aliphatic rings. The first kappa shape index (κ1) is 23.4. The smallest absolute Gasteiger partial charge is 0.294 e. The molecule has 0 spiro atoms. The number of anilines is 1.